The van der Waals surface area contributed by atoms with Crippen molar-refractivity contribution in [3.8, 4) is 0 Å². The summed E-state index contributed by atoms with van der Waals surface area (Å²) in [6.45, 7) is 2.74. The lowest BCUT2D eigenvalue weighted by Crippen LogP contribution is -2.03. The van der Waals surface area contributed by atoms with Crippen molar-refractivity contribution in [3.63, 3.8) is 0 Å². The molecule has 0 spiro atoms. The van der Waals surface area contributed by atoms with Crippen molar-refractivity contribution >= 4 is 27.4 Å². The van der Waals surface area contributed by atoms with Crippen molar-refractivity contribution in [1.82, 2.24) is 9.97 Å². The fourth-order valence-electron chi connectivity index (χ4n) is 1.90. The molecule has 1 heterocycles. The molecule has 0 bridgehead atoms. The van der Waals surface area contributed by atoms with Crippen LogP contribution in [0.3, 0.4) is 0 Å². The van der Waals surface area contributed by atoms with Crippen LogP contribution < -0.4 is 5.32 Å². The lowest BCUT2D eigenvalue weighted by Gasteiger charge is -2.12. The van der Waals surface area contributed by atoms with Gasteiger partial charge in [-0.15, -0.1) is 0 Å². The van der Waals surface area contributed by atoms with E-state index in [4.69, 9.17) is 4.74 Å². The number of aromatic nitrogens is 2. The minimum Gasteiger partial charge on any atom is -0.384 e. The molecule has 1 aromatic carbocycles. The minimum absolute atomic E-state index is 0.701. The van der Waals surface area contributed by atoms with Crippen molar-refractivity contribution in [2.24, 2.45) is 0 Å². The predicted molar refractivity (Wildman–Crippen MR) is 84.4 cm³/mol. The second-order valence-electron chi connectivity index (χ2n) is 4.37. The molecule has 20 heavy (non-hydrogen) atoms. The number of hydrogen-bond donors (Lipinski definition) is 1. The highest BCUT2D eigenvalue weighted by atomic mass is 79.9. The number of anilines is 2. The zero-order valence-electron chi connectivity index (χ0n) is 11.7. The van der Waals surface area contributed by atoms with Gasteiger partial charge in [0.05, 0.1) is 6.61 Å². The van der Waals surface area contributed by atoms with E-state index >= 15 is 0 Å². The van der Waals surface area contributed by atoms with E-state index in [0.29, 0.717) is 6.61 Å². The van der Waals surface area contributed by atoms with Gasteiger partial charge in [0.25, 0.3) is 0 Å². The summed E-state index contributed by atoms with van der Waals surface area (Å²) in [7, 11) is 1.71. The van der Waals surface area contributed by atoms with E-state index in [1.165, 1.54) is 5.56 Å². The van der Waals surface area contributed by atoms with E-state index in [1.807, 2.05) is 31.2 Å². The minimum atomic E-state index is 0.701. The Kier molecular flexibility index (Phi) is 5.49. The van der Waals surface area contributed by atoms with Gasteiger partial charge in [0, 0.05) is 25.3 Å². The summed E-state index contributed by atoms with van der Waals surface area (Å²) in [5.74, 6) is 1.62. The monoisotopic (exact) mass is 335 g/mol. The Morgan fingerprint density at radius 3 is 2.80 bits per heavy atom. The van der Waals surface area contributed by atoms with Gasteiger partial charge in [0.2, 0.25) is 0 Å². The topological polar surface area (TPSA) is 47.0 Å². The van der Waals surface area contributed by atoms with Crippen LogP contribution in [0.25, 0.3) is 0 Å². The van der Waals surface area contributed by atoms with Crippen LogP contribution in [0.15, 0.2) is 34.9 Å². The second kappa shape index (κ2) is 7.36. The van der Waals surface area contributed by atoms with Crippen molar-refractivity contribution in [3.05, 3.63) is 46.3 Å². The summed E-state index contributed by atoms with van der Waals surface area (Å²) in [5, 5.41) is 3.36. The number of rotatable bonds is 6. The molecule has 0 saturated carbocycles. The summed E-state index contributed by atoms with van der Waals surface area (Å²) < 4.78 is 5.94. The summed E-state index contributed by atoms with van der Waals surface area (Å²) in [6, 6.07) is 10.1. The van der Waals surface area contributed by atoms with Crippen molar-refractivity contribution in [1.29, 1.82) is 0 Å². The molecule has 0 fully saturated rings. The second-order valence-corrected chi connectivity index (χ2v) is 5.18. The first kappa shape index (κ1) is 14.9. The largest absolute Gasteiger partial charge is 0.384 e. The molecule has 0 amide bonds. The molecule has 1 N–H and O–H groups in total. The van der Waals surface area contributed by atoms with Crippen LogP contribution in [0.5, 0.6) is 0 Å². The highest BCUT2D eigenvalue weighted by molar-refractivity contribution is 9.10. The molecule has 4 nitrogen and oxygen atoms in total. The standard InChI is InChI=1S/C15H18BrN3O/c1-3-14-18-13(16)10-15(19-14)17-12-7-5-4-6-11(12)8-9-20-2/h4-7,10H,3,8-9H2,1-2H3,(H,17,18,19). The third-order valence-corrected chi connectivity index (χ3v) is 3.32. The van der Waals surface area contributed by atoms with Crippen LogP contribution in [0.2, 0.25) is 0 Å². The molecular weight excluding hydrogens is 318 g/mol. The molecule has 5 heteroatoms. The first-order valence-electron chi connectivity index (χ1n) is 6.60. The normalized spacial score (nSPS) is 10.6. The highest BCUT2D eigenvalue weighted by Crippen LogP contribution is 2.22. The fraction of sp³-hybridized carbons (Fsp3) is 0.333. The van der Waals surface area contributed by atoms with Gasteiger partial charge in [0.15, 0.2) is 0 Å². The Labute approximate surface area is 127 Å². The first-order chi connectivity index (χ1) is 9.72. The maximum atomic E-state index is 5.15. The maximum absolute atomic E-state index is 5.15. The van der Waals surface area contributed by atoms with Crippen molar-refractivity contribution in [2.45, 2.75) is 19.8 Å². The molecule has 1 aromatic heterocycles. The Balaban J connectivity index is 2.23. The van der Waals surface area contributed by atoms with E-state index in [-0.39, 0.29) is 0 Å². The summed E-state index contributed by atoms with van der Waals surface area (Å²) in [6.07, 6.45) is 1.67. The van der Waals surface area contributed by atoms with Crippen molar-refractivity contribution in [2.75, 3.05) is 19.0 Å². The molecule has 106 valence electrons. The molecule has 0 aliphatic carbocycles. The number of aryl methyl sites for hydroxylation is 1. The lowest BCUT2D eigenvalue weighted by molar-refractivity contribution is 0.202. The van der Waals surface area contributed by atoms with Crippen LogP contribution in [0.4, 0.5) is 11.5 Å². The molecule has 0 radical (unpaired) electrons. The van der Waals surface area contributed by atoms with Crippen LogP contribution in [-0.2, 0) is 17.6 Å². The number of halogens is 1. The van der Waals surface area contributed by atoms with Crippen LogP contribution in [0, 0.1) is 0 Å². The number of methoxy groups -OCH3 is 1. The third kappa shape index (κ3) is 4.02. The predicted octanol–water partition coefficient (Wildman–Crippen LogP) is 3.73. The molecule has 2 rings (SSSR count). The highest BCUT2D eigenvalue weighted by Gasteiger charge is 2.05. The molecule has 0 atom stereocenters. The number of benzene rings is 1. The van der Waals surface area contributed by atoms with E-state index in [2.05, 4.69) is 37.3 Å². The van der Waals surface area contributed by atoms with Gasteiger partial charge in [-0.05, 0) is 34.0 Å². The van der Waals surface area contributed by atoms with Gasteiger partial charge in [-0.25, -0.2) is 9.97 Å². The SMILES string of the molecule is CCc1nc(Br)cc(Nc2ccccc2CCOC)n1. The number of nitrogens with zero attached hydrogens (tertiary/aromatic N) is 2. The molecule has 2 aromatic rings. The van der Waals surface area contributed by atoms with Gasteiger partial charge in [-0.3, -0.25) is 0 Å². The van der Waals surface area contributed by atoms with E-state index in [9.17, 15) is 0 Å². The van der Waals surface area contributed by atoms with Crippen LogP contribution >= 0.6 is 15.9 Å². The van der Waals surface area contributed by atoms with Gasteiger partial charge < -0.3 is 10.1 Å². The van der Waals surface area contributed by atoms with Gasteiger partial charge in [-0.1, -0.05) is 25.1 Å². The molecular formula is C15H18BrN3O. The summed E-state index contributed by atoms with van der Waals surface area (Å²) >= 11 is 3.42. The molecule has 0 unspecified atom stereocenters. The number of para-hydroxylation sites is 1. The molecule has 0 aliphatic rings. The van der Waals surface area contributed by atoms with E-state index in [1.54, 1.807) is 7.11 Å². The molecule has 0 saturated heterocycles. The lowest BCUT2D eigenvalue weighted by atomic mass is 10.1. The average molecular weight is 336 g/mol. The van der Waals surface area contributed by atoms with E-state index < -0.39 is 0 Å². The fourth-order valence-corrected chi connectivity index (χ4v) is 2.32. The Hall–Kier alpha value is -1.46. The number of hydrogen-bond acceptors (Lipinski definition) is 4. The van der Waals surface area contributed by atoms with Crippen LogP contribution in [0.1, 0.15) is 18.3 Å². The Morgan fingerprint density at radius 2 is 2.05 bits per heavy atom. The first-order valence-corrected chi connectivity index (χ1v) is 7.39. The Morgan fingerprint density at radius 1 is 1.25 bits per heavy atom. The van der Waals surface area contributed by atoms with Gasteiger partial charge in [-0.2, -0.15) is 0 Å². The summed E-state index contributed by atoms with van der Waals surface area (Å²) in [4.78, 5) is 8.80. The molecule has 0 aliphatic heterocycles. The quantitative estimate of drug-likeness (QED) is 0.817. The zero-order chi connectivity index (χ0) is 14.4. The van der Waals surface area contributed by atoms with Gasteiger partial charge >= 0.3 is 0 Å². The van der Waals surface area contributed by atoms with E-state index in [0.717, 1.165) is 34.8 Å². The van der Waals surface area contributed by atoms with Crippen molar-refractivity contribution < 1.29 is 4.74 Å². The van der Waals surface area contributed by atoms with Gasteiger partial charge in [0.1, 0.15) is 16.2 Å². The average Bonchev–Trinajstić information content (AvgIpc) is 2.45. The number of nitrogens with one attached hydrogen (secondary N) is 1. The zero-order valence-corrected chi connectivity index (χ0v) is 13.3. The maximum Gasteiger partial charge on any atom is 0.135 e. The number of ether oxygens (including phenoxy) is 1. The summed E-state index contributed by atoms with van der Waals surface area (Å²) in [5.41, 5.74) is 2.26. The third-order valence-electron chi connectivity index (χ3n) is 2.91. The van der Waals surface area contributed by atoms with Crippen LogP contribution in [-0.4, -0.2) is 23.7 Å². The smallest absolute Gasteiger partial charge is 0.135 e. The Bertz CT molecular complexity index is 575.